The van der Waals surface area contributed by atoms with E-state index in [-0.39, 0.29) is 0 Å². The Hall–Kier alpha value is -2.17. The first-order valence-electron chi connectivity index (χ1n) is 6.01. The van der Waals surface area contributed by atoms with E-state index in [9.17, 15) is 0 Å². The highest BCUT2D eigenvalue weighted by Gasteiger charge is 2.07. The number of ether oxygens (including phenoxy) is 1. The van der Waals surface area contributed by atoms with Gasteiger partial charge in [0.2, 0.25) is 5.88 Å². The molecular weight excluding hydrogens is 228 g/mol. The van der Waals surface area contributed by atoms with Gasteiger partial charge in [0.25, 0.3) is 0 Å². The molecule has 1 heterocycles. The third-order valence-corrected chi connectivity index (χ3v) is 2.60. The Morgan fingerprint density at radius 3 is 2.44 bits per heavy atom. The zero-order valence-electron chi connectivity index (χ0n) is 10.6. The highest BCUT2D eigenvalue weighted by atomic mass is 16.5. The molecule has 0 spiro atoms. The van der Waals surface area contributed by atoms with Gasteiger partial charge in [-0.25, -0.2) is 0 Å². The number of aromatic nitrogens is 3. The summed E-state index contributed by atoms with van der Waals surface area (Å²) in [6.45, 7) is 5.90. The molecule has 2 aromatic rings. The van der Waals surface area contributed by atoms with Gasteiger partial charge in [-0.05, 0) is 31.2 Å². The maximum absolute atomic E-state index is 5.62. The highest BCUT2D eigenvalue weighted by Crippen LogP contribution is 2.20. The minimum absolute atomic E-state index is 0.457. The smallest absolute Gasteiger partial charge is 0.244 e. The molecule has 1 aromatic carbocycles. The largest absolute Gasteiger partial charge is 0.437 e. The second-order valence-corrected chi connectivity index (χ2v) is 3.72. The van der Waals surface area contributed by atoms with Crippen LogP contribution in [0.2, 0.25) is 0 Å². The van der Waals surface area contributed by atoms with Crippen molar-refractivity contribution in [2.75, 3.05) is 18.0 Å². The molecule has 18 heavy (non-hydrogen) atoms. The average Bonchev–Trinajstić information content (AvgIpc) is 2.42. The van der Waals surface area contributed by atoms with E-state index in [0.29, 0.717) is 5.88 Å². The second-order valence-electron chi connectivity index (χ2n) is 3.72. The molecule has 5 heteroatoms. The molecule has 5 nitrogen and oxygen atoms in total. The quantitative estimate of drug-likeness (QED) is 0.808. The summed E-state index contributed by atoms with van der Waals surface area (Å²) in [5.74, 6) is 1.97. The van der Waals surface area contributed by atoms with Gasteiger partial charge >= 0.3 is 0 Å². The second kappa shape index (κ2) is 5.95. The normalized spacial score (nSPS) is 10.1. The van der Waals surface area contributed by atoms with Gasteiger partial charge in [-0.3, -0.25) is 0 Å². The predicted octanol–water partition coefficient (Wildman–Crippen LogP) is 2.51. The van der Waals surface area contributed by atoms with Gasteiger partial charge in [0.05, 0.1) is 0 Å². The van der Waals surface area contributed by atoms with Gasteiger partial charge < -0.3 is 9.64 Å². The van der Waals surface area contributed by atoms with E-state index in [1.807, 2.05) is 30.3 Å². The van der Waals surface area contributed by atoms with Crippen LogP contribution >= 0.6 is 0 Å². The standard InChI is InChI=1S/C13H16N4O/c1-3-17(4-2)12-10-13(15-16-14-12)18-11-8-6-5-7-9-11/h5-10H,3-4H2,1-2H3. The van der Waals surface area contributed by atoms with Crippen molar-refractivity contribution >= 4 is 5.82 Å². The molecule has 0 saturated carbocycles. The van der Waals surface area contributed by atoms with Crippen LogP contribution in [-0.4, -0.2) is 28.5 Å². The van der Waals surface area contributed by atoms with E-state index in [2.05, 4.69) is 34.2 Å². The van der Waals surface area contributed by atoms with Gasteiger partial charge in [-0.1, -0.05) is 23.3 Å². The third-order valence-electron chi connectivity index (χ3n) is 2.60. The van der Waals surface area contributed by atoms with Crippen LogP contribution in [0.1, 0.15) is 13.8 Å². The van der Waals surface area contributed by atoms with Crippen molar-refractivity contribution in [3.63, 3.8) is 0 Å². The maximum atomic E-state index is 5.62. The van der Waals surface area contributed by atoms with Crippen LogP contribution < -0.4 is 9.64 Å². The first-order chi connectivity index (χ1) is 8.83. The van der Waals surface area contributed by atoms with Gasteiger partial charge in [0.15, 0.2) is 5.82 Å². The Bertz CT molecular complexity index is 485. The minimum Gasteiger partial charge on any atom is -0.437 e. The summed E-state index contributed by atoms with van der Waals surface area (Å²) in [6.07, 6.45) is 0. The first kappa shape index (κ1) is 12.3. The number of rotatable bonds is 5. The maximum Gasteiger partial charge on any atom is 0.244 e. The summed E-state index contributed by atoms with van der Waals surface area (Å²) < 4.78 is 5.62. The lowest BCUT2D eigenvalue weighted by Gasteiger charge is -2.18. The molecule has 2 rings (SSSR count). The van der Waals surface area contributed by atoms with Gasteiger partial charge in [-0.2, -0.15) is 0 Å². The molecular formula is C13H16N4O. The van der Waals surface area contributed by atoms with Crippen molar-refractivity contribution in [2.24, 2.45) is 0 Å². The fourth-order valence-corrected chi connectivity index (χ4v) is 1.64. The summed E-state index contributed by atoms with van der Waals surface area (Å²) >= 11 is 0. The van der Waals surface area contributed by atoms with E-state index in [1.54, 1.807) is 6.07 Å². The molecule has 0 amide bonds. The summed E-state index contributed by atoms with van der Waals surface area (Å²) in [6, 6.07) is 11.3. The molecule has 1 aromatic heterocycles. The van der Waals surface area contributed by atoms with Crippen molar-refractivity contribution in [1.82, 2.24) is 15.4 Å². The van der Waals surface area contributed by atoms with E-state index in [4.69, 9.17) is 4.74 Å². The zero-order chi connectivity index (χ0) is 12.8. The average molecular weight is 244 g/mol. The molecule has 0 saturated heterocycles. The fourth-order valence-electron chi connectivity index (χ4n) is 1.64. The van der Waals surface area contributed by atoms with E-state index >= 15 is 0 Å². The Morgan fingerprint density at radius 2 is 1.78 bits per heavy atom. The molecule has 94 valence electrons. The number of hydrogen-bond donors (Lipinski definition) is 0. The minimum atomic E-state index is 0.457. The van der Waals surface area contributed by atoms with E-state index < -0.39 is 0 Å². The molecule has 0 bridgehead atoms. The van der Waals surface area contributed by atoms with Crippen LogP contribution in [0.15, 0.2) is 36.4 Å². The Balaban J connectivity index is 2.17. The highest BCUT2D eigenvalue weighted by molar-refractivity contribution is 5.40. The topological polar surface area (TPSA) is 51.1 Å². The van der Waals surface area contributed by atoms with Crippen LogP contribution in [0.5, 0.6) is 11.6 Å². The monoisotopic (exact) mass is 244 g/mol. The number of nitrogens with zero attached hydrogens (tertiary/aromatic N) is 4. The number of benzene rings is 1. The third kappa shape index (κ3) is 2.94. The molecule has 0 aliphatic heterocycles. The number of para-hydroxylation sites is 1. The lowest BCUT2D eigenvalue weighted by molar-refractivity contribution is 0.450. The molecule has 0 N–H and O–H groups in total. The van der Waals surface area contributed by atoms with Crippen molar-refractivity contribution < 1.29 is 4.74 Å². The van der Waals surface area contributed by atoms with E-state index in [1.165, 1.54) is 0 Å². The predicted molar refractivity (Wildman–Crippen MR) is 69.9 cm³/mol. The summed E-state index contributed by atoms with van der Waals surface area (Å²) in [5.41, 5.74) is 0. The lowest BCUT2D eigenvalue weighted by atomic mass is 10.3. The first-order valence-corrected chi connectivity index (χ1v) is 6.01. The summed E-state index contributed by atoms with van der Waals surface area (Å²) in [7, 11) is 0. The van der Waals surface area contributed by atoms with Gasteiger partial charge in [0.1, 0.15) is 5.75 Å². The van der Waals surface area contributed by atoms with Crippen LogP contribution in [0.4, 0.5) is 5.82 Å². The van der Waals surface area contributed by atoms with Crippen molar-refractivity contribution in [3.8, 4) is 11.6 Å². The van der Waals surface area contributed by atoms with E-state index in [0.717, 1.165) is 24.7 Å². The van der Waals surface area contributed by atoms with Gasteiger partial charge in [-0.15, -0.1) is 5.10 Å². The fraction of sp³-hybridized carbons (Fsp3) is 0.308. The molecule has 0 atom stereocenters. The SMILES string of the molecule is CCN(CC)c1cc(Oc2ccccc2)nnn1. The molecule has 0 aliphatic carbocycles. The van der Waals surface area contributed by atoms with Crippen LogP contribution in [0.25, 0.3) is 0 Å². The van der Waals surface area contributed by atoms with Gasteiger partial charge in [0, 0.05) is 19.2 Å². The van der Waals surface area contributed by atoms with Crippen molar-refractivity contribution in [2.45, 2.75) is 13.8 Å². The lowest BCUT2D eigenvalue weighted by Crippen LogP contribution is -2.23. The molecule has 0 unspecified atom stereocenters. The molecule has 0 radical (unpaired) electrons. The van der Waals surface area contributed by atoms with Crippen LogP contribution in [-0.2, 0) is 0 Å². The summed E-state index contributed by atoms with van der Waals surface area (Å²) in [4.78, 5) is 2.09. The Morgan fingerprint density at radius 1 is 1.06 bits per heavy atom. The number of anilines is 1. The molecule has 0 aliphatic rings. The van der Waals surface area contributed by atoms with Crippen LogP contribution in [0.3, 0.4) is 0 Å². The Labute approximate surface area is 106 Å². The van der Waals surface area contributed by atoms with Crippen molar-refractivity contribution in [1.29, 1.82) is 0 Å². The zero-order valence-corrected chi connectivity index (χ0v) is 10.6. The van der Waals surface area contributed by atoms with Crippen LogP contribution in [0, 0.1) is 0 Å². The van der Waals surface area contributed by atoms with Crippen molar-refractivity contribution in [3.05, 3.63) is 36.4 Å². The number of hydrogen-bond acceptors (Lipinski definition) is 5. The Kier molecular flexibility index (Phi) is 4.06. The molecule has 0 fully saturated rings. The summed E-state index contributed by atoms with van der Waals surface area (Å²) in [5, 5.41) is 11.6.